The van der Waals surface area contributed by atoms with E-state index in [1.165, 1.54) is 18.2 Å². The fraction of sp³-hybridized carbons (Fsp3) is 0.348. The lowest BCUT2D eigenvalue weighted by atomic mass is 9.99. The monoisotopic (exact) mass is 522 g/mol. The molecule has 1 saturated heterocycles. The van der Waals surface area contributed by atoms with Crippen molar-refractivity contribution in [2.75, 3.05) is 6.61 Å². The summed E-state index contributed by atoms with van der Waals surface area (Å²) in [7, 11) is 0. The molecule has 0 unspecified atom stereocenters. The number of ketones is 1. The molecule has 1 aromatic heterocycles. The van der Waals surface area contributed by atoms with Gasteiger partial charge in [0.25, 0.3) is 0 Å². The van der Waals surface area contributed by atoms with Gasteiger partial charge in [-0.05, 0) is 52.2 Å². The maximum Gasteiger partial charge on any atom is 0.229 e. The summed E-state index contributed by atoms with van der Waals surface area (Å²) in [4.78, 5) is 13.0. The molecule has 0 spiro atoms. The second-order valence-corrected chi connectivity index (χ2v) is 8.66. The van der Waals surface area contributed by atoms with Crippen LogP contribution in [0.1, 0.15) is 22.3 Å². The summed E-state index contributed by atoms with van der Waals surface area (Å²) >= 11 is 3.41. The van der Waals surface area contributed by atoms with Gasteiger partial charge in [-0.1, -0.05) is 12.1 Å². The highest BCUT2D eigenvalue weighted by atomic mass is 79.9. The molecule has 2 heterocycles. The third-order valence-electron chi connectivity index (χ3n) is 5.61. The first kappa shape index (κ1) is 23.7. The number of carbonyl (C=O) groups excluding carboxylic acids is 1. The fourth-order valence-electron chi connectivity index (χ4n) is 3.77. The number of benzene rings is 2. The van der Waals surface area contributed by atoms with Crippen LogP contribution in [0, 0.1) is 0 Å². The molecule has 3 aromatic rings. The van der Waals surface area contributed by atoms with E-state index in [0.29, 0.717) is 12.0 Å². The van der Waals surface area contributed by atoms with Gasteiger partial charge in [0.15, 0.2) is 5.78 Å². The van der Waals surface area contributed by atoms with Crippen molar-refractivity contribution < 1.29 is 44.2 Å². The average Bonchev–Trinajstić information content (AvgIpc) is 3.18. The minimum absolute atomic E-state index is 0.0580. The van der Waals surface area contributed by atoms with Crippen LogP contribution >= 0.6 is 15.9 Å². The first-order valence-corrected chi connectivity index (χ1v) is 11.1. The summed E-state index contributed by atoms with van der Waals surface area (Å²) in [5, 5.41) is 50.7. The molecule has 10 heteroatoms. The summed E-state index contributed by atoms with van der Waals surface area (Å²) in [6, 6.07) is 9.78. The third kappa shape index (κ3) is 4.77. The molecule has 1 aliphatic rings. The molecule has 1 aliphatic heterocycles. The van der Waals surface area contributed by atoms with Gasteiger partial charge < -0.3 is 39.4 Å². The predicted molar refractivity (Wildman–Crippen MR) is 119 cm³/mol. The zero-order chi connectivity index (χ0) is 23.7. The number of fused-ring (bicyclic) bond motifs is 1. The molecule has 0 amide bonds. The van der Waals surface area contributed by atoms with Gasteiger partial charge in [0, 0.05) is 11.8 Å². The van der Waals surface area contributed by atoms with Crippen LogP contribution in [-0.4, -0.2) is 68.6 Å². The molecule has 1 fully saturated rings. The van der Waals surface area contributed by atoms with E-state index in [0.717, 1.165) is 15.4 Å². The number of hydrogen-bond acceptors (Lipinski definition) is 9. The SMILES string of the molecule is O=C(CCc1ccc2occ(Br)c2c1)c1c(O)cccc1O[C@@H]1O[C@H](CO)[C@@H](O)[C@H](O)[C@H]1O. The molecule has 0 bridgehead atoms. The molecule has 4 rings (SSSR count). The minimum atomic E-state index is -1.65. The molecule has 5 N–H and O–H groups in total. The molecule has 0 aliphatic carbocycles. The molecular weight excluding hydrogens is 500 g/mol. The van der Waals surface area contributed by atoms with Crippen LogP contribution in [0.5, 0.6) is 11.5 Å². The Morgan fingerprint density at radius 2 is 1.88 bits per heavy atom. The Bertz CT molecular complexity index is 1140. The second-order valence-electron chi connectivity index (χ2n) is 7.80. The smallest absolute Gasteiger partial charge is 0.229 e. The minimum Gasteiger partial charge on any atom is -0.507 e. The highest BCUT2D eigenvalue weighted by Gasteiger charge is 2.45. The van der Waals surface area contributed by atoms with Crippen molar-refractivity contribution in [2.45, 2.75) is 43.5 Å². The van der Waals surface area contributed by atoms with Gasteiger partial charge in [-0.3, -0.25) is 4.79 Å². The number of hydrogen-bond donors (Lipinski definition) is 5. The number of phenols is 1. The Balaban J connectivity index is 1.52. The topological polar surface area (TPSA) is 150 Å². The molecule has 0 radical (unpaired) electrons. The average molecular weight is 523 g/mol. The van der Waals surface area contributed by atoms with Crippen molar-refractivity contribution in [2.24, 2.45) is 0 Å². The highest BCUT2D eigenvalue weighted by molar-refractivity contribution is 9.10. The van der Waals surface area contributed by atoms with E-state index in [4.69, 9.17) is 13.9 Å². The summed E-state index contributed by atoms with van der Waals surface area (Å²) in [6.07, 6.45) is -5.42. The van der Waals surface area contributed by atoms with Gasteiger partial charge in [0.1, 0.15) is 53.3 Å². The number of aryl methyl sites for hydroxylation is 1. The fourth-order valence-corrected chi connectivity index (χ4v) is 4.17. The van der Waals surface area contributed by atoms with E-state index < -0.39 is 43.1 Å². The van der Waals surface area contributed by atoms with Crippen molar-refractivity contribution in [1.29, 1.82) is 0 Å². The molecule has 5 atom stereocenters. The van der Waals surface area contributed by atoms with Gasteiger partial charge in [-0.2, -0.15) is 0 Å². The summed E-state index contributed by atoms with van der Waals surface area (Å²) in [5.74, 6) is -0.772. The van der Waals surface area contributed by atoms with E-state index in [9.17, 15) is 30.3 Å². The second kappa shape index (κ2) is 9.80. The molecule has 0 saturated carbocycles. The van der Waals surface area contributed by atoms with Gasteiger partial charge in [0.2, 0.25) is 6.29 Å². The van der Waals surface area contributed by atoms with Gasteiger partial charge >= 0.3 is 0 Å². The summed E-state index contributed by atoms with van der Waals surface area (Å²) in [6.45, 7) is -0.617. The van der Waals surface area contributed by atoms with Gasteiger partial charge in [0.05, 0.1) is 11.1 Å². The van der Waals surface area contributed by atoms with Crippen LogP contribution in [0.4, 0.5) is 0 Å². The first-order chi connectivity index (χ1) is 15.8. The lowest BCUT2D eigenvalue weighted by Crippen LogP contribution is -2.60. The number of phenolic OH excluding ortho intramolecular Hbond substituents is 1. The van der Waals surface area contributed by atoms with Crippen molar-refractivity contribution in [1.82, 2.24) is 0 Å². The number of Topliss-reactive ketones (excluding diaryl/α,β-unsaturated/α-hetero) is 1. The van der Waals surface area contributed by atoms with Crippen LogP contribution in [0.25, 0.3) is 11.0 Å². The standard InChI is InChI=1S/C23H23BrO9/c24-13-10-31-16-7-5-11(8-12(13)16)4-6-15(27)19-14(26)2-1-3-17(19)32-23-22(30)21(29)20(28)18(9-25)33-23/h1-3,5,7-8,10,18,20-23,25-26,28-30H,4,6,9H2/t18-,20-,21+,22-,23-/m1/s1. The van der Waals surface area contributed by atoms with E-state index >= 15 is 0 Å². The Kier molecular flexibility index (Phi) is 7.03. The van der Waals surface area contributed by atoms with Crippen LogP contribution in [0.2, 0.25) is 0 Å². The maximum atomic E-state index is 13.0. The Hall–Kier alpha value is -2.47. The summed E-state index contributed by atoms with van der Waals surface area (Å²) < 4.78 is 17.2. The number of aliphatic hydroxyl groups excluding tert-OH is 4. The van der Waals surface area contributed by atoms with E-state index in [2.05, 4.69) is 15.9 Å². The van der Waals surface area contributed by atoms with Crippen molar-refractivity contribution in [3.8, 4) is 11.5 Å². The maximum absolute atomic E-state index is 13.0. The number of furan rings is 1. The molecule has 2 aromatic carbocycles. The number of carbonyl (C=O) groups is 1. The number of aliphatic hydroxyl groups is 4. The van der Waals surface area contributed by atoms with Crippen molar-refractivity contribution >= 4 is 32.7 Å². The van der Waals surface area contributed by atoms with Crippen LogP contribution in [0.3, 0.4) is 0 Å². The number of rotatable bonds is 7. The molecular formula is C23H23BrO9. The third-order valence-corrected chi connectivity index (χ3v) is 6.22. The lowest BCUT2D eigenvalue weighted by molar-refractivity contribution is -0.277. The van der Waals surface area contributed by atoms with Gasteiger partial charge in [-0.25, -0.2) is 0 Å². The van der Waals surface area contributed by atoms with Crippen molar-refractivity contribution in [3.05, 3.63) is 58.3 Å². The van der Waals surface area contributed by atoms with E-state index in [1.807, 2.05) is 18.2 Å². The molecule has 176 valence electrons. The zero-order valence-corrected chi connectivity index (χ0v) is 18.9. The number of ether oxygens (including phenoxy) is 2. The normalized spacial score (nSPS) is 25.3. The summed E-state index contributed by atoms with van der Waals surface area (Å²) in [5.41, 5.74) is 1.51. The van der Waals surface area contributed by atoms with Gasteiger partial charge in [-0.15, -0.1) is 0 Å². The van der Waals surface area contributed by atoms with Crippen LogP contribution in [-0.2, 0) is 11.2 Å². The Labute approximate surface area is 196 Å². The quantitative estimate of drug-likeness (QED) is 0.293. The van der Waals surface area contributed by atoms with Crippen LogP contribution in [0.15, 0.2) is 51.6 Å². The highest BCUT2D eigenvalue weighted by Crippen LogP contribution is 2.33. The van der Waals surface area contributed by atoms with E-state index in [1.54, 1.807) is 6.26 Å². The molecule has 9 nitrogen and oxygen atoms in total. The zero-order valence-electron chi connectivity index (χ0n) is 17.3. The first-order valence-electron chi connectivity index (χ1n) is 10.3. The number of aromatic hydroxyl groups is 1. The predicted octanol–water partition coefficient (Wildman–Crippen LogP) is 1.90. The number of halogens is 1. The van der Waals surface area contributed by atoms with E-state index in [-0.39, 0.29) is 23.5 Å². The Morgan fingerprint density at radius 1 is 1.09 bits per heavy atom. The molecule has 33 heavy (non-hydrogen) atoms. The Morgan fingerprint density at radius 3 is 2.64 bits per heavy atom. The largest absolute Gasteiger partial charge is 0.507 e. The van der Waals surface area contributed by atoms with Crippen LogP contribution < -0.4 is 4.74 Å². The lowest BCUT2D eigenvalue weighted by Gasteiger charge is -2.39. The van der Waals surface area contributed by atoms with Crippen molar-refractivity contribution in [3.63, 3.8) is 0 Å².